The van der Waals surface area contributed by atoms with Crippen molar-refractivity contribution >= 4 is 0 Å². The Hall–Kier alpha value is -1.56. The van der Waals surface area contributed by atoms with Gasteiger partial charge in [-0.15, -0.1) is 0 Å². The fourth-order valence-corrected chi connectivity index (χ4v) is 1.92. The number of halogens is 2. The summed E-state index contributed by atoms with van der Waals surface area (Å²) >= 11 is 0. The van der Waals surface area contributed by atoms with Crippen LogP contribution in [0.15, 0.2) is 12.1 Å². The molecule has 1 atom stereocenters. The molecule has 0 aliphatic heterocycles. The molecule has 0 saturated heterocycles. The van der Waals surface area contributed by atoms with Gasteiger partial charge in [-0.1, -0.05) is 6.92 Å². The van der Waals surface area contributed by atoms with E-state index in [2.05, 4.69) is 5.32 Å². The normalized spacial score (nSPS) is 12.4. The second kappa shape index (κ2) is 7.13. The van der Waals surface area contributed by atoms with Crippen LogP contribution >= 0.6 is 0 Å². The molecule has 0 spiro atoms. The quantitative estimate of drug-likeness (QED) is 0.830. The van der Waals surface area contributed by atoms with Crippen LogP contribution in [0.1, 0.15) is 18.5 Å². The molecule has 0 fully saturated rings. The smallest absolute Gasteiger partial charge is 0.257 e. The van der Waals surface area contributed by atoms with E-state index < -0.39 is 12.5 Å². The molecule has 1 rings (SSSR count). The van der Waals surface area contributed by atoms with Gasteiger partial charge in [-0.05, 0) is 18.7 Å². The maximum atomic E-state index is 13.1. The highest BCUT2D eigenvalue weighted by atomic mass is 19.3. The van der Waals surface area contributed by atoms with Crippen LogP contribution in [0.4, 0.5) is 8.78 Å². The highest BCUT2D eigenvalue weighted by Crippen LogP contribution is 2.43. The minimum absolute atomic E-state index is 0.258. The van der Waals surface area contributed by atoms with Crippen molar-refractivity contribution in [1.29, 1.82) is 0 Å². The minimum Gasteiger partial charge on any atom is -0.493 e. The van der Waals surface area contributed by atoms with Gasteiger partial charge in [0.1, 0.15) is 0 Å². The molecule has 0 aromatic heterocycles. The van der Waals surface area contributed by atoms with E-state index in [0.717, 1.165) is 0 Å². The van der Waals surface area contributed by atoms with Gasteiger partial charge in [0.2, 0.25) is 5.75 Å². The molecule has 0 saturated carbocycles. The van der Waals surface area contributed by atoms with Gasteiger partial charge in [-0.25, -0.2) is 8.78 Å². The van der Waals surface area contributed by atoms with Crippen LogP contribution in [0.3, 0.4) is 0 Å². The second-order valence-electron chi connectivity index (χ2n) is 3.79. The molecule has 1 unspecified atom stereocenters. The number of nitrogens with one attached hydrogen (secondary N) is 1. The molecule has 108 valence electrons. The first-order chi connectivity index (χ1) is 9.10. The zero-order valence-electron chi connectivity index (χ0n) is 11.5. The topological polar surface area (TPSA) is 39.7 Å². The van der Waals surface area contributed by atoms with Gasteiger partial charge >= 0.3 is 0 Å². The Labute approximate surface area is 111 Å². The third-order valence-electron chi connectivity index (χ3n) is 2.75. The summed E-state index contributed by atoms with van der Waals surface area (Å²) in [5, 5.41) is 2.74. The van der Waals surface area contributed by atoms with E-state index in [1.165, 1.54) is 21.3 Å². The minimum atomic E-state index is -2.55. The van der Waals surface area contributed by atoms with Crippen LogP contribution < -0.4 is 19.5 Å². The number of methoxy groups -OCH3 is 3. The molecular formula is C13H19F2NO3. The Morgan fingerprint density at radius 3 is 2.11 bits per heavy atom. The highest BCUT2D eigenvalue weighted by molar-refractivity contribution is 5.56. The van der Waals surface area contributed by atoms with E-state index in [1.807, 2.05) is 0 Å². The lowest BCUT2D eigenvalue weighted by Crippen LogP contribution is -2.27. The molecule has 0 bridgehead atoms. The Bertz CT molecular complexity index is 413. The number of ether oxygens (including phenoxy) is 3. The number of hydrogen-bond donors (Lipinski definition) is 1. The van der Waals surface area contributed by atoms with Crippen LogP contribution in [0, 0.1) is 0 Å². The summed E-state index contributed by atoms with van der Waals surface area (Å²) in [4.78, 5) is 0. The van der Waals surface area contributed by atoms with Crippen molar-refractivity contribution in [3.8, 4) is 17.2 Å². The fourth-order valence-electron chi connectivity index (χ4n) is 1.92. The van der Waals surface area contributed by atoms with E-state index in [4.69, 9.17) is 14.2 Å². The fraction of sp³-hybridized carbons (Fsp3) is 0.538. The predicted octanol–water partition coefficient (Wildman–Crippen LogP) is 2.63. The first-order valence-corrected chi connectivity index (χ1v) is 5.91. The van der Waals surface area contributed by atoms with Gasteiger partial charge in [0.15, 0.2) is 11.5 Å². The molecule has 0 heterocycles. The molecular weight excluding hydrogens is 256 g/mol. The average Bonchev–Trinajstić information content (AvgIpc) is 2.42. The molecule has 0 aliphatic carbocycles. The van der Waals surface area contributed by atoms with Gasteiger partial charge in [0.25, 0.3) is 6.43 Å². The maximum Gasteiger partial charge on any atom is 0.257 e. The van der Waals surface area contributed by atoms with Crippen LogP contribution in [-0.2, 0) is 0 Å². The van der Waals surface area contributed by atoms with Crippen molar-refractivity contribution in [1.82, 2.24) is 5.32 Å². The molecule has 1 N–H and O–H groups in total. The van der Waals surface area contributed by atoms with Crippen LogP contribution in [0.25, 0.3) is 0 Å². The zero-order chi connectivity index (χ0) is 14.4. The van der Waals surface area contributed by atoms with Crippen LogP contribution in [0.2, 0.25) is 0 Å². The van der Waals surface area contributed by atoms with E-state index in [0.29, 0.717) is 23.6 Å². The number of rotatable bonds is 7. The summed E-state index contributed by atoms with van der Waals surface area (Å²) in [5.41, 5.74) is 0.344. The third-order valence-corrected chi connectivity index (χ3v) is 2.75. The highest BCUT2D eigenvalue weighted by Gasteiger charge is 2.27. The zero-order valence-corrected chi connectivity index (χ0v) is 11.5. The lowest BCUT2D eigenvalue weighted by molar-refractivity contribution is 0.0976. The summed E-state index contributed by atoms with van der Waals surface area (Å²) < 4.78 is 41.7. The predicted molar refractivity (Wildman–Crippen MR) is 68.5 cm³/mol. The van der Waals surface area contributed by atoms with Crippen LogP contribution in [0.5, 0.6) is 17.2 Å². The van der Waals surface area contributed by atoms with Gasteiger partial charge in [-0.3, -0.25) is 0 Å². The van der Waals surface area contributed by atoms with Crippen molar-refractivity contribution in [2.24, 2.45) is 0 Å². The first kappa shape index (κ1) is 15.5. The molecule has 0 amide bonds. The summed E-state index contributed by atoms with van der Waals surface area (Å²) in [5.74, 6) is 1.01. The summed E-state index contributed by atoms with van der Waals surface area (Å²) in [7, 11) is 4.33. The van der Waals surface area contributed by atoms with Gasteiger partial charge < -0.3 is 19.5 Å². The Balaban J connectivity index is 3.33. The van der Waals surface area contributed by atoms with E-state index in [1.54, 1.807) is 19.1 Å². The lowest BCUT2D eigenvalue weighted by atomic mass is 10.0. The molecule has 6 heteroatoms. The SMILES string of the molecule is CCNC(c1ccc(OC)c(OC)c1OC)C(F)F. The molecule has 1 aromatic rings. The summed E-state index contributed by atoms with van der Waals surface area (Å²) in [6, 6.07) is 2.03. The largest absolute Gasteiger partial charge is 0.493 e. The molecule has 19 heavy (non-hydrogen) atoms. The van der Waals surface area contributed by atoms with E-state index in [9.17, 15) is 8.78 Å². The Kier molecular flexibility index (Phi) is 5.82. The number of alkyl halides is 2. The van der Waals surface area contributed by atoms with E-state index >= 15 is 0 Å². The van der Waals surface area contributed by atoms with Gasteiger partial charge in [0.05, 0.1) is 27.4 Å². The van der Waals surface area contributed by atoms with E-state index in [-0.39, 0.29) is 5.75 Å². The lowest BCUT2D eigenvalue weighted by Gasteiger charge is -2.22. The standard InChI is InChI=1S/C13H19F2NO3/c1-5-16-10(13(14)15)8-6-7-9(17-2)12(19-4)11(8)18-3/h6-7,10,13,16H,5H2,1-4H3. The first-order valence-electron chi connectivity index (χ1n) is 5.91. The molecule has 1 aromatic carbocycles. The van der Waals surface area contributed by atoms with Crippen LogP contribution in [-0.4, -0.2) is 34.3 Å². The van der Waals surface area contributed by atoms with Crippen molar-refractivity contribution < 1.29 is 23.0 Å². The number of hydrogen-bond acceptors (Lipinski definition) is 4. The average molecular weight is 275 g/mol. The van der Waals surface area contributed by atoms with Crippen molar-refractivity contribution in [3.63, 3.8) is 0 Å². The molecule has 0 radical (unpaired) electrons. The second-order valence-corrected chi connectivity index (χ2v) is 3.79. The van der Waals surface area contributed by atoms with Crippen molar-refractivity contribution in [2.75, 3.05) is 27.9 Å². The summed E-state index contributed by atoms with van der Waals surface area (Å²) in [6.45, 7) is 2.19. The Morgan fingerprint density at radius 2 is 1.68 bits per heavy atom. The maximum absolute atomic E-state index is 13.1. The summed E-state index contributed by atoms with van der Waals surface area (Å²) in [6.07, 6.45) is -2.55. The third kappa shape index (κ3) is 3.26. The molecule has 0 aliphatic rings. The molecule has 4 nitrogen and oxygen atoms in total. The Morgan fingerprint density at radius 1 is 1.05 bits per heavy atom. The van der Waals surface area contributed by atoms with Gasteiger partial charge in [0, 0.05) is 5.56 Å². The van der Waals surface area contributed by atoms with Crippen molar-refractivity contribution in [2.45, 2.75) is 19.4 Å². The van der Waals surface area contributed by atoms with Gasteiger partial charge in [-0.2, -0.15) is 0 Å². The number of benzene rings is 1. The monoisotopic (exact) mass is 275 g/mol. The van der Waals surface area contributed by atoms with Crippen molar-refractivity contribution in [3.05, 3.63) is 17.7 Å².